The number of aromatic nitrogens is 2. The summed E-state index contributed by atoms with van der Waals surface area (Å²) in [5, 5.41) is 16.0. The molecule has 0 radical (unpaired) electrons. The highest BCUT2D eigenvalue weighted by Gasteiger charge is 2.12. The first-order chi connectivity index (χ1) is 9.13. The fourth-order valence-corrected chi connectivity index (χ4v) is 1.76. The summed E-state index contributed by atoms with van der Waals surface area (Å²) >= 11 is 11.3. The standard InChI is InChI=1S/C12H8Cl2N4O/c13-6-12(19)16-11-5-9(7-15)17-18(11)10-3-1-2-8(14)4-10/h1-5H,6H2,(H,16,19). The van der Waals surface area contributed by atoms with Gasteiger partial charge in [0.2, 0.25) is 5.91 Å². The number of carbonyl (C=O) groups excluding carboxylic acids is 1. The third kappa shape index (κ3) is 3.05. The number of benzene rings is 1. The van der Waals surface area contributed by atoms with E-state index in [2.05, 4.69) is 10.4 Å². The van der Waals surface area contributed by atoms with Gasteiger partial charge in [-0.25, -0.2) is 4.68 Å². The quantitative estimate of drug-likeness (QED) is 0.885. The van der Waals surface area contributed by atoms with E-state index in [9.17, 15) is 4.79 Å². The first-order valence-corrected chi connectivity index (χ1v) is 6.17. The van der Waals surface area contributed by atoms with Gasteiger partial charge in [-0.1, -0.05) is 17.7 Å². The van der Waals surface area contributed by atoms with Gasteiger partial charge in [-0.15, -0.1) is 11.6 Å². The minimum absolute atomic E-state index is 0.178. The third-order valence-corrected chi connectivity index (χ3v) is 2.74. The second-order valence-electron chi connectivity index (χ2n) is 3.60. The number of amides is 1. The van der Waals surface area contributed by atoms with Gasteiger partial charge in [0.05, 0.1) is 5.69 Å². The Kier molecular flexibility index (Phi) is 4.05. The van der Waals surface area contributed by atoms with Crippen LogP contribution in [-0.4, -0.2) is 21.6 Å². The van der Waals surface area contributed by atoms with E-state index in [0.29, 0.717) is 16.5 Å². The summed E-state index contributed by atoms with van der Waals surface area (Å²) in [6.07, 6.45) is 0. The molecular formula is C12H8Cl2N4O. The number of nitrogens with zero attached hydrogens (tertiary/aromatic N) is 3. The first kappa shape index (κ1) is 13.4. The van der Waals surface area contributed by atoms with Crippen molar-refractivity contribution >= 4 is 34.9 Å². The lowest BCUT2D eigenvalue weighted by Gasteiger charge is -2.07. The first-order valence-electron chi connectivity index (χ1n) is 5.26. The summed E-state index contributed by atoms with van der Waals surface area (Å²) in [5.41, 5.74) is 0.823. The average molecular weight is 295 g/mol. The summed E-state index contributed by atoms with van der Waals surface area (Å²) in [5.74, 6) is -0.193. The lowest BCUT2D eigenvalue weighted by Crippen LogP contribution is -2.15. The van der Waals surface area contributed by atoms with E-state index in [1.165, 1.54) is 10.7 Å². The Morgan fingerprint density at radius 2 is 2.26 bits per heavy atom. The van der Waals surface area contributed by atoms with Crippen molar-refractivity contribution in [3.63, 3.8) is 0 Å². The molecule has 0 saturated carbocycles. The average Bonchev–Trinajstić information content (AvgIpc) is 2.81. The Bertz CT molecular complexity index is 660. The Morgan fingerprint density at radius 1 is 1.47 bits per heavy atom. The number of carbonyl (C=O) groups is 1. The molecular weight excluding hydrogens is 287 g/mol. The maximum atomic E-state index is 11.3. The molecule has 0 saturated heterocycles. The molecule has 0 aliphatic rings. The summed E-state index contributed by atoms with van der Waals surface area (Å²) in [4.78, 5) is 11.3. The molecule has 0 atom stereocenters. The summed E-state index contributed by atoms with van der Waals surface area (Å²) in [6.45, 7) is 0. The van der Waals surface area contributed by atoms with Crippen LogP contribution in [-0.2, 0) is 4.79 Å². The van der Waals surface area contributed by atoms with Crippen molar-refractivity contribution < 1.29 is 4.79 Å². The highest BCUT2D eigenvalue weighted by molar-refractivity contribution is 6.30. The van der Waals surface area contributed by atoms with Crippen molar-refractivity contribution in [3.8, 4) is 11.8 Å². The molecule has 0 fully saturated rings. The molecule has 0 spiro atoms. The maximum Gasteiger partial charge on any atom is 0.240 e. The monoisotopic (exact) mass is 294 g/mol. The molecule has 2 rings (SSSR count). The van der Waals surface area contributed by atoms with E-state index in [1.54, 1.807) is 24.3 Å². The van der Waals surface area contributed by atoms with E-state index in [-0.39, 0.29) is 17.5 Å². The number of halogens is 2. The number of rotatable bonds is 3. The second-order valence-corrected chi connectivity index (χ2v) is 4.30. The summed E-state index contributed by atoms with van der Waals surface area (Å²) < 4.78 is 1.43. The molecule has 1 amide bonds. The van der Waals surface area contributed by atoms with Gasteiger partial charge in [0.1, 0.15) is 17.8 Å². The van der Waals surface area contributed by atoms with Crippen LogP contribution in [0.1, 0.15) is 5.69 Å². The largest absolute Gasteiger partial charge is 0.310 e. The molecule has 1 aromatic carbocycles. The molecule has 0 unspecified atom stereocenters. The van der Waals surface area contributed by atoms with Crippen LogP contribution in [0.3, 0.4) is 0 Å². The van der Waals surface area contributed by atoms with Crippen molar-refractivity contribution in [1.29, 1.82) is 5.26 Å². The van der Waals surface area contributed by atoms with E-state index < -0.39 is 0 Å². The number of nitriles is 1. The minimum Gasteiger partial charge on any atom is -0.310 e. The Balaban J connectivity index is 2.47. The van der Waals surface area contributed by atoms with Crippen LogP contribution in [0.4, 0.5) is 5.82 Å². The van der Waals surface area contributed by atoms with E-state index in [0.717, 1.165) is 0 Å². The Labute approximate surface area is 119 Å². The molecule has 1 N–H and O–H groups in total. The van der Waals surface area contributed by atoms with E-state index >= 15 is 0 Å². The smallest absolute Gasteiger partial charge is 0.240 e. The van der Waals surface area contributed by atoms with Gasteiger partial charge in [-0.3, -0.25) is 4.79 Å². The minimum atomic E-state index is -0.380. The van der Waals surface area contributed by atoms with Crippen LogP contribution < -0.4 is 5.32 Å². The number of hydrogen-bond donors (Lipinski definition) is 1. The maximum absolute atomic E-state index is 11.3. The molecule has 0 aliphatic heterocycles. The fourth-order valence-electron chi connectivity index (χ4n) is 1.51. The highest BCUT2D eigenvalue weighted by Crippen LogP contribution is 2.20. The molecule has 5 nitrogen and oxygen atoms in total. The second kappa shape index (κ2) is 5.74. The molecule has 7 heteroatoms. The zero-order chi connectivity index (χ0) is 13.8. The van der Waals surface area contributed by atoms with E-state index in [4.69, 9.17) is 28.5 Å². The lowest BCUT2D eigenvalue weighted by atomic mass is 10.3. The SMILES string of the molecule is N#Cc1cc(NC(=O)CCl)n(-c2cccc(Cl)c2)n1. The van der Waals surface area contributed by atoms with Crippen LogP contribution >= 0.6 is 23.2 Å². The van der Waals surface area contributed by atoms with Crippen LogP contribution in [0.2, 0.25) is 5.02 Å². The van der Waals surface area contributed by atoms with Gasteiger partial charge >= 0.3 is 0 Å². The predicted octanol–water partition coefficient (Wildman–Crippen LogP) is 2.57. The topological polar surface area (TPSA) is 70.7 Å². The zero-order valence-corrected chi connectivity index (χ0v) is 11.1. The Morgan fingerprint density at radius 3 is 2.89 bits per heavy atom. The van der Waals surface area contributed by atoms with Gasteiger partial charge in [-0.2, -0.15) is 10.4 Å². The van der Waals surface area contributed by atoms with Crippen molar-refractivity contribution in [2.24, 2.45) is 0 Å². The van der Waals surface area contributed by atoms with Crippen LogP contribution in [0, 0.1) is 11.3 Å². The zero-order valence-electron chi connectivity index (χ0n) is 9.60. The van der Waals surface area contributed by atoms with Gasteiger partial charge in [-0.05, 0) is 18.2 Å². The number of anilines is 1. The van der Waals surface area contributed by atoms with Crippen molar-refractivity contribution in [2.45, 2.75) is 0 Å². The molecule has 96 valence electrons. The number of alkyl halides is 1. The normalized spacial score (nSPS) is 9.95. The van der Waals surface area contributed by atoms with Crippen molar-refractivity contribution in [2.75, 3.05) is 11.2 Å². The van der Waals surface area contributed by atoms with Gasteiger partial charge in [0.15, 0.2) is 5.69 Å². The van der Waals surface area contributed by atoms with E-state index in [1.807, 2.05) is 6.07 Å². The van der Waals surface area contributed by atoms with Gasteiger partial charge in [0, 0.05) is 11.1 Å². The molecule has 19 heavy (non-hydrogen) atoms. The molecule has 0 aliphatic carbocycles. The third-order valence-electron chi connectivity index (χ3n) is 2.27. The summed E-state index contributed by atoms with van der Waals surface area (Å²) in [7, 11) is 0. The Hall–Kier alpha value is -2.03. The van der Waals surface area contributed by atoms with Crippen molar-refractivity contribution in [1.82, 2.24) is 9.78 Å². The molecule has 1 heterocycles. The van der Waals surface area contributed by atoms with Gasteiger partial charge in [0.25, 0.3) is 0 Å². The number of hydrogen-bond acceptors (Lipinski definition) is 3. The van der Waals surface area contributed by atoms with Crippen LogP contribution in [0.15, 0.2) is 30.3 Å². The lowest BCUT2D eigenvalue weighted by molar-refractivity contribution is -0.113. The molecule has 1 aromatic heterocycles. The number of nitrogens with one attached hydrogen (secondary N) is 1. The predicted molar refractivity (Wildman–Crippen MR) is 72.6 cm³/mol. The fraction of sp³-hybridized carbons (Fsp3) is 0.0833. The van der Waals surface area contributed by atoms with Crippen LogP contribution in [0.25, 0.3) is 5.69 Å². The summed E-state index contributed by atoms with van der Waals surface area (Å²) in [6, 6.07) is 10.3. The highest BCUT2D eigenvalue weighted by atomic mass is 35.5. The van der Waals surface area contributed by atoms with Crippen molar-refractivity contribution in [3.05, 3.63) is 41.0 Å². The molecule has 0 bridgehead atoms. The van der Waals surface area contributed by atoms with Gasteiger partial charge < -0.3 is 5.32 Å². The molecule has 2 aromatic rings. The van der Waals surface area contributed by atoms with Crippen LogP contribution in [0.5, 0.6) is 0 Å².